The predicted molar refractivity (Wildman–Crippen MR) is 48.5 cm³/mol. The van der Waals surface area contributed by atoms with Crippen LogP contribution in [0.4, 0.5) is 0 Å². The summed E-state index contributed by atoms with van der Waals surface area (Å²) in [6, 6.07) is 1.07. The molecule has 1 rings (SSSR count). The number of rotatable bonds is 2. The third kappa shape index (κ3) is 2.17. The largest absolute Gasteiger partial charge is 0.328 e. The van der Waals surface area contributed by atoms with Gasteiger partial charge in [-0.05, 0) is 39.7 Å². The average molecular weight is 156 g/mol. The van der Waals surface area contributed by atoms with Gasteiger partial charge in [0.2, 0.25) is 0 Å². The third-order valence-corrected chi connectivity index (χ3v) is 2.73. The molecule has 0 radical (unpaired) electrons. The summed E-state index contributed by atoms with van der Waals surface area (Å²) in [5.74, 6) is 0.734. The molecule has 1 saturated heterocycles. The molecule has 0 unspecified atom stereocenters. The Kier molecular flexibility index (Phi) is 2.90. The molecule has 0 amide bonds. The van der Waals surface area contributed by atoms with Crippen molar-refractivity contribution in [2.75, 3.05) is 13.1 Å². The number of hydrogen-bond acceptors (Lipinski definition) is 2. The van der Waals surface area contributed by atoms with Crippen LogP contribution in [0.3, 0.4) is 0 Å². The van der Waals surface area contributed by atoms with E-state index in [1.54, 1.807) is 0 Å². The van der Waals surface area contributed by atoms with Gasteiger partial charge in [0.25, 0.3) is 0 Å². The zero-order valence-corrected chi connectivity index (χ0v) is 7.88. The maximum Gasteiger partial charge on any atom is 0.00514 e. The minimum Gasteiger partial charge on any atom is -0.328 e. The fourth-order valence-electron chi connectivity index (χ4n) is 1.71. The Morgan fingerprint density at radius 1 is 1.36 bits per heavy atom. The van der Waals surface area contributed by atoms with Crippen molar-refractivity contribution in [1.82, 2.24) is 4.90 Å². The molecule has 1 fully saturated rings. The molecule has 0 aromatic carbocycles. The number of likely N-dealkylation sites (tertiary alicyclic amines) is 1. The second kappa shape index (κ2) is 3.55. The number of nitrogens with two attached hydrogens (primary N) is 1. The maximum absolute atomic E-state index is 5.83. The lowest BCUT2D eigenvalue weighted by molar-refractivity contribution is 0.260. The van der Waals surface area contributed by atoms with E-state index >= 15 is 0 Å². The van der Waals surface area contributed by atoms with Crippen molar-refractivity contribution in [1.29, 1.82) is 0 Å². The fraction of sp³-hybridized carbons (Fsp3) is 1.00. The molecule has 2 heteroatoms. The summed E-state index contributed by atoms with van der Waals surface area (Å²) in [5.41, 5.74) is 5.83. The van der Waals surface area contributed by atoms with E-state index in [0.717, 1.165) is 5.92 Å². The van der Waals surface area contributed by atoms with Crippen LogP contribution in [0, 0.1) is 5.92 Å². The minimum atomic E-state index is 0.374. The molecule has 66 valence electrons. The summed E-state index contributed by atoms with van der Waals surface area (Å²) >= 11 is 0. The van der Waals surface area contributed by atoms with Crippen LogP contribution < -0.4 is 5.73 Å². The van der Waals surface area contributed by atoms with E-state index in [-0.39, 0.29) is 0 Å². The van der Waals surface area contributed by atoms with E-state index in [1.807, 2.05) is 0 Å². The van der Waals surface area contributed by atoms with E-state index in [9.17, 15) is 0 Å². The Morgan fingerprint density at radius 2 is 2.00 bits per heavy atom. The quantitative estimate of drug-likeness (QED) is 0.648. The van der Waals surface area contributed by atoms with Crippen molar-refractivity contribution in [2.24, 2.45) is 11.7 Å². The van der Waals surface area contributed by atoms with Gasteiger partial charge in [-0.25, -0.2) is 0 Å². The van der Waals surface area contributed by atoms with Gasteiger partial charge in [-0.1, -0.05) is 0 Å². The highest BCUT2D eigenvalue weighted by atomic mass is 15.2. The van der Waals surface area contributed by atoms with Crippen LogP contribution in [-0.4, -0.2) is 30.1 Å². The Hall–Kier alpha value is -0.0800. The summed E-state index contributed by atoms with van der Waals surface area (Å²) in [7, 11) is 0. The van der Waals surface area contributed by atoms with Crippen LogP contribution in [0.2, 0.25) is 0 Å². The van der Waals surface area contributed by atoms with Gasteiger partial charge in [0.15, 0.2) is 0 Å². The van der Waals surface area contributed by atoms with Gasteiger partial charge in [-0.15, -0.1) is 0 Å². The first-order valence-corrected chi connectivity index (χ1v) is 4.61. The van der Waals surface area contributed by atoms with Gasteiger partial charge in [0, 0.05) is 18.6 Å². The molecule has 2 N–H and O–H groups in total. The Labute approximate surface area is 69.8 Å². The number of nitrogens with zero attached hydrogens (tertiary/aromatic N) is 1. The van der Waals surface area contributed by atoms with Crippen molar-refractivity contribution in [3.63, 3.8) is 0 Å². The summed E-state index contributed by atoms with van der Waals surface area (Å²) in [6.45, 7) is 9.07. The molecule has 1 aliphatic rings. The van der Waals surface area contributed by atoms with E-state index in [0.29, 0.717) is 12.1 Å². The van der Waals surface area contributed by atoms with E-state index in [4.69, 9.17) is 5.73 Å². The molecule has 0 bridgehead atoms. The highest BCUT2D eigenvalue weighted by Crippen LogP contribution is 2.20. The van der Waals surface area contributed by atoms with Crippen LogP contribution in [0.1, 0.15) is 27.2 Å². The van der Waals surface area contributed by atoms with Crippen LogP contribution >= 0.6 is 0 Å². The fourth-order valence-corrected chi connectivity index (χ4v) is 1.71. The summed E-state index contributed by atoms with van der Waals surface area (Å²) in [4.78, 5) is 2.51. The average Bonchev–Trinajstić information content (AvgIpc) is 2.33. The summed E-state index contributed by atoms with van der Waals surface area (Å²) < 4.78 is 0. The van der Waals surface area contributed by atoms with Crippen LogP contribution in [-0.2, 0) is 0 Å². The van der Waals surface area contributed by atoms with Gasteiger partial charge < -0.3 is 10.6 Å². The molecule has 1 aliphatic heterocycles. The van der Waals surface area contributed by atoms with Crippen molar-refractivity contribution in [2.45, 2.75) is 39.3 Å². The van der Waals surface area contributed by atoms with E-state index < -0.39 is 0 Å². The highest BCUT2D eigenvalue weighted by Gasteiger charge is 2.26. The van der Waals surface area contributed by atoms with Crippen LogP contribution in [0.15, 0.2) is 0 Å². The normalized spacial score (nSPS) is 29.7. The van der Waals surface area contributed by atoms with Crippen molar-refractivity contribution in [3.05, 3.63) is 0 Å². The molecular formula is C9H20N2. The first-order valence-electron chi connectivity index (χ1n) is 4.61. The molecule has 0 aromatic heterocycles. The Morgan fingerprint density at radius 3 is 2.27 bits per heavy atom. The molecular weight excluding hydrogens is 136 g/mol. The topological polar surface area (TPSA) is 29.3 Å². The first-order chi connectivity index (χ1) is 5.11. The first kappa shape index (κ1) is 9.01. The highest BCUT2D eigenvalue weighted by molar-refractivity contribution is 4.82. The SMILES string of the molecule is CC(C)N1CC[C@@H]([C@H](C)N)C1. The summed E-state index contributed by atoms with van der Waals surface area (Å²) in [6.07, 6.45) is 1.29. The van der Waals surface area contributed by atoms with Gasteiger partial charge in [-0.2, -0.15) is 0 Å². The zero-order valence-electron chi connectivity index (χ0n) is 7.88. The lowest BCUT2D eigenvalue weighted by atomic mass is 10.0. The molecule has 1 heterocycles. The lowest BCUT2D eigenvalue weighted by Gasteiger charge is -2.21. The second-order valence-corrected chi connectivity index (χ2v) is 4.00. The Bertz CT molecular complexity index is 107. The molecule has 0 spiro atoms. The molecule has 0 saturated carbocycles. The van der Waals surface area contributed by atoms with E-state index in [2.05, 4.69) is 25.7 Å². The monoisotopic (exact) mass is 156 g/mol. The maximum atomic E-state index is 5.83. The van der Waals surface area contributed by atoms with Gasteiger partial charge in [-0.3, -0.25) is 0 Å². The summed E-state index contributed by atoms with van der Waals surface area (Å²) in [5, 5.41) is 0. The van der Waals surface area contributed by atoms with Gasteiger partial charge >= 0.3 is 0 Å². The zero-order chi connectivity index (χ0) is 8.43. The van der Waals surface area contributed by atoms with Crippen molar-refractivity contribution < 1.29 is 0 Å². The van der Waals surface area contributed by atoms with Crippen molar-refractivity contribution in [3.8, 4) is 0 Å². The molecule has 2 atom stereocenters. The lowest BCUT2D eigenvalue weighted by Crippen LogP contribution is -2.32. The second-order valence-electron chi connectivity index (χ2n) is 4.00. The molecule has 0 aromatic rings. The van der Waals surface area contributed by atoms with Gasteiger partial charge in [0.05, 0.1) is 0 Å². The van der Waals surface area contributed by atoms with Crippen LogP contribution in [0.5, 0.6) is 0 Å². The van der Waals surface area contributed by atoms with Crippen LogP contribution in [0.25, 0.3) is 0 Å². The Balaban J connectivity index is 2.35. The molecule has 2 nitrogen and oxygen atoms in total. The third-order valence-electron chi connectivity index (χ3n) is 2.73. The number of hydrogen-bond donors (Lipinski definition) is 1. The van der Waals surface area contributed by atoms with E-state index in [1.165, 1.54) is 19.5 Å². The standard InChI is InChI=1S/C9H20N2/c1-7(2)11-5-4-9(6-11)8(3)10/h7-9H,4-6,10H2,1-3H3/t8-,9+/m0/s1. The molecule has 0 aliphatic carbocycles. The van der Waals surface area contributed by atoms with Crippen molar-refractivity contribution >= 4 is 0 Å². The molecule has 11 heavy (non-hydrogen) atoms. The van der Waals surface area contributed by atoms with Gasteiger partial charge in [0.1, 0.15) is 0 Å². The minimum absolute atomic E-state index is 0.374. The predicted octanol–water partition coefficient (Wildman–Crippen LogP) is 1.06. The smallest absolute Gasteiger partial charge is 0.00514 e.